The van der Waals surface area contributed by atoms with E-state index in [1.165, 1.54) is 14.0 Å². The van der Waals surface area contributed by atoms with Gasteiger partial charge in [0.05, 0.1) is 7.11 Å². The van der Waals surface area contributed by atoms with Crippen LogP contribution >= 0.6 is 0 Å². The molecule has 1 fully saturated rings. The van der Waals surface area contributed by atoms with E-state index in [4.69, 9.17) is 4.74 Å². The Balaban J connectivity index is 2.55. The molecule has 0 radical (unpaired) electrons. The highest BCUT2D eigenvalue weighted by atomic mass is 16.6. The van der Waals surface area contributed by atoms with Crippen LogP contribution < -0.4 is 0 Å². The summed E-state index contributed by atoms with van der Waals surface area (Å²) in [6, 6.07) is 0. The fraction of sp³-hybridized carbons (Fsp3) is 0.556. The van der Waals surface area contributed by atoms with Gasteiger partial charge in [-0.2, -0.15) is 0 Å². The highest BCUT2D eigenvalue weighted by Gasteiger charge is 2.45. The van der Waals surface area contributed by atoms with Gasteiger partial charge >= 0.3 is 11.9 Å². The summed E-state index contributed by atoms with van der Waals surface area (Å²) in [5.41, 5.74) is -0.708. The van der Waals surface area contributed by atoms with E-state index in [-0.39, 0.29) is 5.97 Å². The Morgan fingerprint density at radius 3 is 2.38 bits per heavy atom. The number of carbonyl (C=O) groups is 2. The maximum absolute atomic E-state index is 10.6. The van der Waals surface area contributed by atoms with E-state index >= 15 is 0 Å². The van der Waals surface area contributed by atoms with Crippen molar-refractivity contribution in [2.24, 2.45) is 0 Å². The van der Waals surface area contributed by atoms with E-state index in [1.807, 2.05) is 0 Å². The summed E-state index contributed by atoms with van der Waals surface area (Å²) in [6.07, 6.45) is 1.38. The molecule has 0 atom stereocenters. The van der Waals surface area contributed by atoms with Gasteiger partial charge in [-0.1, -0.05) is 0 Å². The molecule has 0 unspecified atom stereocenters. The molecule has 0 spiro atoms. The molecular formula is C9H10O4. The van der Waals surface area contributed by atoms with Gasteiger partial charge in [-0.3, -0.25) is 4.79 Å². The first-order valence-electron chi connectivity index (χ1n) is 3.89. The fourth-order valence-corrected chi connectivity index (χ4v) is 0.857. The number of hydrogen-bond acceptors (Lipinski definition) is 4. The van der Waals surface area contributed by atoms with E-state index in [2.05, 4.69) is 16.6 Å². The van der Waals surface area contributed by atoms with Gasteiger partial charge in [0, 0.05) is 25.7 Å². The van der Waals surface area contributed by atoms with Crippen molar-refractivity contribution in [1.82, 2.24) is 0 Å². The molecule has 1 aliphatic rings. The van der Waals surface area contributed by atoms with Crippen molar-refractivity contribution >= 4 is 11.9 Å². The van der Waals surface area contributed by atoms with Crippen molar-refractivity contribution < 1.29 is 19.1 Å². The van der Waals surface area contributed by atoms with Crippen LogP contribution in [0, 0.1) is 11.8 Å². The Kier molecular flexibility index (Phi) is 2.57. The predicted molar refractivity (Wildman–Crippen MR) is 43.5 cm³/mol. The van der Waals surface area contributed by atoms with Gasteiger partial charge in [0.2, 0.25) is 0 Å². The minimum Gasteiger partial charge on any atom is -0.459 e. The number of hydrogen-bond donors (Lipinski definition) is 0. The molecule has 0 N–H and O–H groups in total. The van der Waals surface area contributed by atoms with Crippen LogP contribution in [0.3, 0.4) is 0 Å². The number of ether oxygens (including phenoxy) is 2. The van der Waals surface area contributed by atoms with Gasteiger partial charge in [-0.25, -0.2) is 4.79 Å². The zero-order chi connectivity index (χ0) is 9.90. The molecule has 70 valence electrons. The standard InChI is InChI=1S/C9H10O4/c1-7(10)13-9(5-6-9)4-3-8(11)12-2/h5-6H2,1-2H3. The molecule has 0 amide bonds. The number of methoxy groups -OCH3 is 1. The molecule has 4 heteroatoms. The SMILES string of the molecule is COC(=O)C#CC1(OC(C)=O)CC1. The molecule has 1 aliphatic carbocycles. The van der Waals surface area contributed by atoms with Gasteiger partial charge in [0.25, 0.3) is 0 Å². The van der Waals surface area contributed by atoms with Crippen molar-refractivity contribution in [2.75, 3.05) is 7.11 Å². The van der Waals surface area contributed by atoms with Crippen LogP contribution in [0.5, 0.6) is 0 Å². The van der Waals surface area contributed by atoms with Crippen molar-refractivity contribution in [3.05, 3.63) is 0 Å². The van der Waals surface area contributed by atoms with E-state index in [1.54, 1.807) is 0 Å². The lowest BCUT2D eigenvalue weighted by Crippen LogP contribution is -2.15. The fourth-order valence-electron chi connectivity index (χ4n) is 0.857. The first-order chi connectivity index (χ1) is 6.08. The number of esters is 2. The van der Waals surface area contributed by atoms with Gasteiger partial charge < -0.3 is 9.47 Å². The maximum atomic E-state index is 10.6. The second-order valence-corrected chi connectivity index (χ2v) is 2.83. The van der Waals surface area contributed by atoms with Crippen molar-refractivity contribution in [3.63, 3.8) is 0 Å². The Hall–Kier alpha value is -1.50. The molecule has 0 bridgehead atoms. The molecule has 0 aromatic rings. The highest BCUT2D eigenvalue weighted by Crippen LogP contribution is 2.38. The summed E-state index contributed by atoms with van der Waals surface area (Å²) in [5.74, 6) is 3.85. The van der Waals surface area contributed by atoms with Crippen LogP contribution in [0.4, 0.5) is 0 Å². The normalized spacial score (nSPS) is 16.5. The lowest BCUT2D eigenvalue weighted by atomic mass is 10.3. The Bertz CT molecular complexity index is 290. The van der Waals surface area contributed by atoms with Gasteiger partial charge in [0.1, 0.15) is 0 Å². The minimum absolute atomic E-state index is 0.378. The predicted octanol–water partition coefficient (Wildman–Crippen LogP) is 0.258. The van der Waals surface area contributed by atoms with E-state index in [9.17, 15) is 9.59 Å². The summed E-state index contributed by atoms with van der Waals surface area (Å²) >= 11 is 0. The molecule has 13 heavy (non-hydrogen) atoms. The Labute approximate surface area is 76.2 Å². The van der Waals surface area contributed by atoms with Crippen molar-refractivity contribution in [2.45, 2.75) is 25.4 Å². The van der Waals surface area contributed by atoms with Gasteiger partial charge in [0.15, 0.2) is 5.60 Å². The first-order valence-corrected chi connectivity index (χ1v) is 3.89. The third-order valence-electron chi connectivity index (χ3n) is 1.62. The molecular weight excluding hydrogens is 172 g/mol. The largest absolute Gasteiger partial charge is 0.459 e. The Morgan fingerprint density at radius 1 is 1.38 bits per heavy atom. The molecule has 4 nitrogen and oxygen atoms in total. The van der Waals surface area contributed by atoms with Gasteiger partial charge in [-0.15, -0.1) is 0 Å². The monoisotopic (exact) mass is 182 g/mol. The number of carbonyl (C=O) groups excluding carboxylic acids is 2. The van der Waals surface area contributed by atoms with Crippen LogP contribution in [-0.2, 0) is 19.1 Å². The quantitative estimate of drug-likeness (QED) is 0.331. The molecule has 1 saturated carbocycles. The molecule has 1 rings (SSSR count). The second-order valence-electron chi connectivity index (χ2n) is 2.83. The molecule has 0 aromatic carbocycles. The molecule has 0 heterocycles. The smallest absolute Gasteiger partial charge is 0.384 e. The summed E-state index contributed by atoms with van der Waals surface area (Å²) in [5, 5.41) is 0. The summed E-state index contributed by atoms with van der Waals surface area (Å²) in [7, 11) is 1.25. The third-order valence-corrected chi connectivity index (χ3v) is 1.62. The summed E-state index contributed by atoms with van der Waals surface area (Å²) in [4.78, 5) is 21.2. The van der Waals surface area contributed by atoms with Crippen molar-refractivity contribution in [1.29, 1.82) is 0 Å². The molecule has 0 saturated heterocycles. The lowest BCUT2D eigenvalue weighted by Gasteiger charge is -2.06. The van der Waals surface area contributed by atoms with E-state index in [0.29, 0.717) is 12.8 Å². The summed E-state index contributed by atoms with van der Waals surface area (Å²) < 4.78 is 9.25. The Morgan fingerprint density at radius 2 is 2.00 bits per heavy atom. The average Bonchev–Trinajstić information content (AvgIpc) is 2.80. The number of rotatable bonds is 1. The summed E-state index contributed by atoms with van der Waals surface area (Å²) in [6.45, 7) is 1.32. The first kappa shape index (κ1) is 9.59. The maximum Gasteiger partial charge on any atom is 0.384 e. The van der Waals surface area contributed by atoms with Crippen LogP contribution in [-0.4, -0.2) is 24.6 Å². The topological polar surface area (TPSA) is 52.6 Å². The van der Waals surface area contributed by atoms with Crippen LogP contribution in [0.15, 0.2) is 0 Å². The second kappa shape index (κ2) is 3.48. The van der Waals surface area contributed by atoms with E-state index < -0.39 is 11.6 Å². The van der Waals surface area contributed by atoms with Crippen LogP contribution in [0.1, 0.15) is 19.8 Å². The molecule has 0 aliphatic heterocycles. The zero-order valence-electron chi connectivity index (χ0n) is 7.55. The highest BCUT2D eigenvalue weighted by molar-refractivity contribution is 5.88. The molecule has 0 aromatic heterocycles. The zero-order valence-corrected chi connectivity index (χ0v) is 7.55. The van der Waals surface area contributed by atoms with Crippen LogP contribution in [0.2, 0.25) is 0 Å². The van der Waals surface area contributed by atoms with E-state index in [0.717, 1.165) is 0 Å². The lowest BCUT2D eigenvalue weighted by molar-refractivity contribution is -0.145. The van der Waals surface area contributed by atoms with Crippen LogP contribution in [0.25, 0.3) is 0 Å². The van der Waals surface area contributed by atoms with Crippen molar-refractivity contribution in [3.8, 4) is 11.8 Å². The average molecular weight is 182 g/mol. The van der Waals surface area contributed by atoms with Gasteiger partial charge in [-0.05, 0) is 5.92 Å². The minimum atomic E-state index is -0.708. The third kappa shape index (κ3) is 2.79.